The highest BCUT2D eigenvalue weighted by Gasteiger charge is 2.51. The zero-order valence-electron chi connectivity index (χ0n) is 17.8. The topological polar surface area (TPSA) is 104 Å². The summed E-state index contributed by atoms with van der Waals surface area (Å²) in [6, 6.07) is 16.9. The predicted octanol–water partition coefficient (Wildman–Crippen LogP) is 2.36. The van der Waals surface area contributed by atoms with Gasteiger partial charge < -0.3 is 19.1 Å². The van der Waals surface area contributed by atoms with E-state index in [0.717, 1.165) is 11.3 Å². The van der Waals surface area contributed by atoms with Gasteiger partial charge in [-0.3, -0.25) is 5.32 Å². The molecule has 2 aliphatic rings. The van der Waals surface area contributed by atoms with Gasteiger partial charge in [-0.1, -0.05) is 18.2 Å². The quantitative estimate of drug-likeness (QED) is 0.650. The van der Waals surface area contributed by atoms with Crippen molar-refractivity contribution in [1.82, 2.24) is 20.2 Å². The number of benzene rings is 2. The number of aromatic nitrogens is 4. The first-order chi connectivity index (χ1) is 15.6. The average Bonchev–Trinajstić information content (AvgIpc) is 3.52. The van der Waals surface area contributed by atoms with Crippen molar-refractivity contribution < 1.29 is 19.0 Å². The minimum absolute atomic E-state index is 0.218. The van der Waals surface area contributed by atoms with Crippen molar-refractivity contribution in [3.63, 3.8) is 0 Å². The van der Waals surface area contributed by atoms with Gasteiger partial charge in [0.2, 0.25) is 0 Å². The van der Waals surface area contributed by atoms with Crippen LogP contribution < -0.4 is 10.2 Å². The Hall–Kier alpha value is -3.50. The number of hydrogen-bond donors (Lipinski definition) is 1. The zero-order valence-corrected chi connectivity index (χ0v) is 17.8. The third-order valence-corrected chi connectivity index (χ3v) is 5.71. The van der Waals surface area contributed by atoms with E-state index >= 15 is 0 Å². The molecule has 2 fully saturated rings. The first-order valence-corrected chi connectivity index (χ1v) is 10.4. The highest BCUT2D eigenvalue weighted by atomic mass is 16.6. The summed E-state index contributed by atoms with van der Waals surface area (Å²) in [6.07, 6.45) is -1.74. The number of para-hydroxylation sites is 1. The van der Waals surface area contributed by atoms with Gasteiger partial charge in [0, 0.05) is 31.0 Å². The predicted molar refractivity (Wildman–Crippen MR) is 116 cm³/mol. The van der Waals surface area contributed by atoms with Gasteiger partial charge in [-0.05, 0) is 46.8 Å². The maximum Gasteiger partial charge on any atom is 0.412 e. The van der Waals surface area contributed by atoms with Crippen molar-refractivity contribution in [1.29, 1.82) is 0 Å². The number of tetrazole rings is 1. The largest absolute Gasteiger partial charge is 0.441 e. The molecule has 0 radical (unpaired) electrons. The van der Waals surface area contributed by atoms with Crippen LogP contribution in [0.1, 0.15) is 6.04 Å². The van der Waals surface area contributed by atoms with E-state index in [-0.39, 0.29) is 24.9 Å². The van der Waals surface area contributed by atoms with Crippen LogP contribution in [0.3, 0.4) is 0 Å². The van der Waals surface area contributed by atoms with Gasteiger partial charge in [-0.25, -0.2) is 9.48 Å². The van der Waals surface area contributed by atoms with E-state index in [0.29, 0.717) is 18.1 Å². The Labute approximate surface area is 185 Å². The first-order valence-electron chi connectivity index (χ1n) is 10.4. The molecule has 2 saturated heterocycles. The molecule has 1 amide bonds. The molecule has 4 atom stereocenters. The lowest BCUT2D eigenvalue weighted by molar-refractivity contribution is 0.00774. The number of ether oxygens (including phenoxy) is 3. The van der Waals surface area contributed by atoms with E-state index in [1.54, 1.807) is 16.8 Å². The van der Waals surface area contributed by atoms with Crippen LogP contribution >= 0.6 is 0 Å². The number of anilines is 2. The van der Waals surface area contributed by atoms with Crippen LogP contribution in [0, 0.1) is 0 Å². The van der Waals surface area contributed by atoms with E-state index < -0.39 is 12.2 Å². The second-order valence-corrected chi connectivity index (χ2v) is 7.99. The number of carbonyl (C=O) groups is 1. The highest BCUT2D eigenvalue weighted by molar-refractivity contribution is 5.84. The van der Waals surface area contributed by atoms with Gasteiger partial charge in [0.15, 0.2) is 11.9 Å². The van der Waals surface area contributed by atoms with Crippen LogP contribution in [-0.2, 0) is 14.2 Å². The zero-order chi connectivity index (χ0) is 22.1. The fraction of sp³-hybridized carbons (Fsp3) is 0.364. The molecular formula is C22H24N6O4. The van der Waals surface area contributed by atoms with E-state index in [4.69, 9.17) is 14.2 Å². The lowest BCUT2D eigenvalue weighted by atomic mass is 10.1. The van der Waals surface area contributed by atoms with Gasteiger partial charge in [0.05, 0.1) is 13.2 Å². The molecule has 166 valence electrons. The van der Waals surface area contributed by atoms with Gasteiger partial charge in [0.1, 0.15) is 18.2 Å². The molecule has 0 spiro atoms. The summed E-state index contributed by atoms with van der Waals surface area (Å²) in [5.41, 5.74) is 2.65. The monoisotopic (exact) mass is 436 g/mol. The van der Waals surface area contributed by atoms with E-state index in [9.17, 15) is 4.79 Å². The summed E-state index contributed by atoms with van der Waals surface area (Å²) in [4.78, 5) is 14.3. The number of nitrogens with zero attached hydrogens (tertiary/aromatic N) is 5. The number of carbonyl (C=O) groups excluding carboxylic acids is 1. The number of fused-ring (bicyclic) bond motifs is 1. The molecular weight excluding hydrogens is 412 g/mol. The smallest absolute Gasteiger partial charge is 0.412 e. The van der Waals surface area contributed by atoms with E-state index in [1.807, 2.05) is 61.5 Å². The molecule has 2 aliphatic heterocycles. The Morgan fingerprint density at radius 2 is 1.81 bits per heavy atom. The van der Waals surface area contributed by atoms with Crippen LogP contribution in [-0.4, -0.2) is 71.9 Å². The minimum Gasteiger partial charge on any atom is -0.441 e. The molecule has 3 aromatic rings. The van der Waals surface area contributed by atoms with E-state index in [2.05, 4.69) is 20.8 Å². The SMILES string of the molecule is CN(C)c1ccc(-c2nnnn2C2COC3C(OC(=O)Nc4ccccc4)COC32)cc1. The molecule has 3 heterocycles. The minimum atomic E-state index is -0.540. The summed E-state index contributed by atoms with van der Waals surface area (Å²) in [5, 5.41) is 15.0. The molecule has 10 heteroatoms. The highest BCUT2D eigenvalue weighted by Crippen LogP contribution is 2.37. The molecule has 0 saturated carbocycles. The maximum absolute atomic E-state index is 12.3. The van der Waals surface area contributed by atoms with Crippen molar-refractivity contribution in [3.8, 4) is 11.4 Å². The lowest BCUT2D eigenvalue weighted by Crippen LogP contribution is -2.35. The van der Waals surface area contributed by atoms with E-state index in [1.165, 1.54) is 0 Å². The van der Waals surface area contributed by atoms with Crippen LogP contribution in [0.2, 0.25) is 0 Å². The number of nitrogens with one attached hydrogen (secondary N) is 1. The summed E-state index contributed by atoms with van der Waals surface area (Å²) in [7, 11) is 3.98. The summed E-state index contributed by atoms with van der Waals surface area (Å²) in [5.74, 6) is 0.638. The summed E-state index contributed by atoms with van der Waals surface area (Å²) < 4.78 is 19.2. The second kappa shape index (κ2) is 8.56. The Bertz CT molecular complexity index is 1070. The fourth-order valence-electron chi connectivity index (χ4n) is 4.08. The van der Waals surface area contributed by atoms with Crippen molar-refractivity contribution in [3.05, 3.63) is 54.6 Å². The second-order valence-electron chi connectivity index (χ2n) is 7.99. The molecule has 0 aliphatic carbocycles. The van der Waals surface area contributed by atoms with Gasteiger partial charge >= 0.3 is 6.09 Å². The maximum atomic E-state index is 12.3. The standard InChI is InChI=1S/C22H24N6O4/c1-27(2)16-10-8-14(9-11-16)21-24-25-26-28(21)17-12-30-20-18(13-31-19(17)20)32-22(29)23-15-6-4-3-5-7-15/h3-11,17-20H,12-13H2,1-2H3,(H,23,29). The third kappa shape index (κ3) is 3.90. The van der Waals surface area contributed by atoms with Crippen molar-refractivity contribution in [2.75, 3.05) is 37.5 Å². The average molecular weight is 436 g/mol. The van der Waals surface area contributed by atoms with Crippen molar-refractivity contribution >= 4 is 17.5 Å². The molecule has 10 nitrogen and oxygen atoms in total. The summed E-state index contributed by atoms with van der Waals surface area (Å²) >= 11 is 0. The van der Waals surface area contributed by atoms with Gasteiger partial charge in [0.25, 0.3) is 0 Å². The third-order valence-electron chi connectivity index (χ3n) is 5.71. The fourth-order valence-corrected chi connectivity index (χ4v) is 4.08. The number of hydrogen-bond acceptors (Lipinski definition) is 8. The molecule has 32 heavy (non-hydrogen) atoms. The van der Waals surface area contributed by atoms with Crippen molar-refractivity contribution in [2.45, 2.75) is 24.4 Å². The molecule has 4 unspecified atom stereocenters. The van der Waals surface area contributed by atoms with Crippen molar-refractivity contribution in [2.24, 2.45) is 0 Å². The van der Waals surface area contributed by atoms with Crippen LogP contribution in [0.4, 0.5) is 16.2 Å². The molecule has 1 N–H and O–H groups in total. The summed E-state index contributed by atoms with van der Waals surface area (Å²) in [6.45, 7) is 0.617. The molecule has 2 aromatic carbocycles. The Balaban J connectivity index is 1.27. The molecule has 1 aromatic heterocycles. The molecule has 5 rings (SSSR count). The lowest BCUT2D eigenvalue weighted by Gasteiger charge is -2.18. The van der Waals surface area contributed by atoms with Gasteiger partial charge in [-0.2, -0.15) is 0 Å². The van der Waals surface area contributed by atoms with Gasteiger partial charge in [-0.15, -0.1) is 5.10 Å². The first kappa shape index (κ1) is 20.4. The Kier molecular flexibility index (Phi) is 5.46. The molecule has 0 bridgehead atoms. The Morgan fingerprint density at radius 3 is 2.56 bits per heavy atom. The normalized spacial score (nSPS) is 24.2. The van der Waals surface area contributed by atoms with Crippen LogP contribution in [0.5, 0.6) is 0 Å². The number of rotatable bonds is 5. The Morgan fingerprint density at radius 1 is 1.06 bits per heavy atom. The van der Waals surface area contributed by atoms with Crippen LogP contribution in [0.15, 0.2) is 54.6 Å². The van der Waals surface area contributed by atoms with Crippen LogP contribution in [0.25, 0.3) is 11.4 Å². The number of amides is 1.